The molecule has 114 valence electrons. The average molecular weight is 296 g/mol. The maximum Gasteiger partial charge on any atom is 0.275 e. The molecule has 0 aliphatic carbocycles. The average Bonchev–Trinajstić information content (AvgIpc) is 2.55. The first kappa shape index (κ1) is 15.8. The summed E-state index contributed by atoms with van der Waals surface area (Å²) in [5, 5.41) is 3.99. The Kier molecular flexibility index (Phi) is 5.31. The molecule has 4 nitrogen and oxygen atoms in total. The van der Waals surface area contributed by atoms with Gasteiger partial charge in [-0.15, -0.1) is 0 Å². The van der Waals surface area contributed by atoms with E-state index in [9.17, 15) is 4.79 Å². The van der Waals surface area contributed by atoms with Crippen LogP contribution in [0.25, 0.3) is 0 Å². The van der Waals surface area contributed by atoms with Gasteiger partial charge in [0.05, 0.1) is 18.9 Å². The minimum absolute atomic E-state index is 0.299. The van der Waals surface area contributed by atoms with Crippen LogP contribution in [-0.4, -0.2) is 19.2 Å². The minimum atomic E-state index is -0.299. The first-order valence-corrected chi connectivity index (χ1v) is 7.18. The van der Waals surface area contributed by atoms with Crippen molar-refractivity contribution in [3.8, 4) is 5.75 Å². The number of methoxy groups -OCH3 is 1. The Labute approximate surface area is 130 Å². The SMILES string of the molecule is COc1ccccc1C(=O)NN=Cc1ccc(C(C)C)cc1. The van der Waals surface area contributed by atoms with Crippen molar-refractivity contribution in [2.75, 3.05) is 7.11 Å². The number of amides is 1. The largest absolute Gasteiger partial charge is 0.496 e. The molecule has 0 aliphatic heterocycles. The zero-order valence-electron chi connectivity index (χ0n) is 13.0. The molecule has 0 saturated carbocycles. The Bertz CT molecular complexity index is 661. The number of hydrogen-bond donors (Lipinski definition) is 1. The minimum Gasteiger partial charge on any atom is -0.496 e. The molecule has 0 aliphatic rings. The molecular weight excluding hydrogens is 276 g/mol. The molecule has 1 amide bonds. The van der Waals surface area contributed by atoms with Crippen molar-refractivity contribution in [3.63, 3.8) is 0 Å². The third kappa shape index (κ3) is 3.95. The summed E-state index contributed by atoms with van der Waals surface area (Å²) in [5.41, 5.74) is 5.17. The Morgan fingerprint density at radius 1 is 1.14 bits per heavy atom. The molecule has 0 spiro atoms. The summed E-state index contributed by atoms with van der Waals surface area (Å²) in [6.45, 7) is 4.30. The fourth-order valence-corrected chi connectivity index (χ4v) is 2.02. The number of carbonyl (C=O) groups is 1. The zero-order valence-corrected chi connectivity index (χ0v) is 13.0. The van der Waals surface area contributed by atoms with Crippen LogP contribution in [0.3, 0.4) is 0 Å². The number of rotatable bonds is 5. The molecule has 0 atom stereocenters. The van der Waals surface area contributed by atoms with Crippen molar-refractivity contribution < 1.29 is 9.53 Å². The lowest BCUT2D eigenvalue weighted by Crippen LogP contribution is -2.18. The van der Waals surface area contributed by atoms with Crippen LogP contribution < -0.4 is 10.2 Å². The molecule has 0 saturated heterocycles. The molecule has 2 rings (SSSR count). The maximum atomic E-state index is 12.1. The van der Waals surface area contributed by atoms with Crippen LogP contribution in [0.2, 0.25) is 0 Å². The third-order valence-electron chi connectivity index (χ3n) is 3.33. The van der Waals surface area contributed by atoms with E-state index in [0.29, 0.717) is 17.2 Å². The summed E-state index contributed by atoms with van der Waals surface area (Å²) in [4.78, 5) is 12.1. The van der Waals surface area contributed by atoms with Crippen molar-refractivity contribution in [1.82, 2.24) is 5.43 Å². The van der Waals surface area contributed by atoms with Gasteiger partial charge in [0, 0.05) is 0 Å². The first-order valence-electron chi connectivity index (χ1n) is 7.18. The van der Waals surface area contributed by atoms with Crippen LogP contribution in [0.5, 0.6) is 5.75 Å². The van der Waals surface area contributed by atoms with E-state index < -0.39 is 0 Å². The summed E-state index contributed by atoms with van der Waals surface area (Å²) < 4.78 is 5.15. The van der Waals surface area contributed by atoms with Crippen molar-refractivity contribution in [3.05, 3.63) is 65.2 Å². The molecule has 2 aromatic rings. The Morgan fingerprint density at radius 2 is 1.82 bits per heavy atom. The van der Waals surface area contributed by atoms with Gasteiger partial charge in [0.15, 0.2) is 0 Å². The monoisotopic (exact) mass is 296 g/mol. The van der Waals surface area contributed by atoms with Crippen molar-refractivity contribution >= 4 is 12.1 Å². The number of carbonyl (C=O) groups excluding carboxylic acids is 1. The third-order valence-corrected chi connectivity index (χ3v) is 3.33. The summed E-state index contributed by atoms with van der Waals surface area (Å²) in [6, 6.07) is 15.1. The Hall–Kier alpha value is -2.62. The van der Waals surface area contributed by atoms with Gasteiger partial charge in [0.2, 0.25) is 0 Å². The van der Waals surface area contributed by atoms with E-state index in [2.05, 4.69) is 36.5 Å². The highest BCUT2D eigenvalue weighted by molar-refractivity contribution is 5.97. The highest BCUT2D eigenvalue weighted by Gasteiger charge is 2.09. The van der Waals surface area contributed by atoms with E-state index in [1.165, 1.54) is 12.7 Å². The van der Waals surface area contributed by atoms with E-state index in [1.807, 2.05) is 18.2 Å². The highest BCUT2D eigenvalue weighted by Crippen LogP contribution is 2.17. The summed E-state index contributed by atoms with van der Waals surface area (Å²) in [6.07, 6.45) is 1.62. The Balaban J connectivity index is 2.01. The lowest BCUT2D eigenvalue weighted by Gasteiger charge is -2.06. The van der Waals surface area contributed by atoms with Gasteiger partial charge >= 0.3 is 0 Å². The summed E-state index contributed by atoms with van der Waals surface area (Å²) in [7, 11) is 1.53. The molecular formula is C18H20N2O2. The van der Waals surface area contributed by atoms with E-state index in [4.69, 9.17) is 4.74 Å². The molecule has 0 unspecified atom stereocenters. The molecule has 4 heteroatoms. The Morgan fingerprint density at radius 3 is 2.45 bits per heavy atom. The standard InChI is InChI=1S/C18H20N2O2/c1-13(2)15-10-8-14(9-11-15)12-19-20-18(21)16-6-4-5-7-17(16)22-3/h4-13H,1-3H3,(H,20,21). The van der Waals surface area contributed by atoms with Crippen molar-refractivity contribution in [1.29, 1.82) is 0 Å². The number of nitrogens with one attached hydrogen (secondary N) is 1. The predicted molar refractivity (Wildman–Crippen MR) is 88.6 cm³/mol. The fraction of sp³-hybridized carbons (Fsp3) is 0.222. The first-order chi connectivity index (χ1) is 10.6. The second kappa shape index (κ2) is 7.41. The lowest BCUT2D eigenvalue weighted by molar-refractivity contribution is 0.0952. The van der Waals surface area contributed by atoms with E-state index in [0.717, 1.165) is 5.56 Å². The fourth-order valence-electron chi connectivity index (χ4n) is 2.02. The summed E-state index contributed by atoms with van der Waals surface area (Å²) in [5.74, 6) is 0.722. The van der Waals surface area contributed by atoms with E-state index in [1.54, 1.807) is 24.4 Å². The van der Waals surface area contributed by atoms with Crippen LogP contribution in [0.4, 0.5) is 0 Å². The van der Waals surface area contributed by atoms with Gasteiger partial charge in [-0.25, -0.2) is 5.43 Å². The number of hydrazone groups is 1. The number of nitrogens with zero attached hydrogens (tertiary/aromatic N) is 1. The van der Waals surface area contributed by atoms with Gasteiger partial charge in [-0.05, 0) is 29.2 Å². The zero-order chi connectivity index (χ0) is 15.9. The molecule has 0 radical (unpaired) electrons. The normalized spacial score (nSPS) is 10.9. The van der Waals surface area contributed by atoms with Crippen LogP contribution in [-0.2, 0) is 0 Å². The predicted octanol–water partition coefficient (Wildman–Crippen LogP) is 3.58. The lowest BCUT2D eigenvalue weighted by atomic mass is 10.0. The number of ether oxygens (including phenoxy) is 1. The molecule has 1 N–H and O–H groups in total. The van der Waals surface area contributed by atoms with E-state index in [-0.39, 0.29) is 5.91 Å². The quantitative estimate of drug-likeness (QED) is 0.677. The van der Waals surface area contributed by atoms with Crippen LogP contribution in [0, 0.1) is 0 Å². The molecule has 0 bridgehead atoms. The maximum absolute atomic E-state index is 12.1. The number of para-hydroxylation sites is 1. The number of hydrogen-bond acceptors (Lipinski definition) is 3. The van der Waals surface area contributed by atoms with Gasteiger partial charge in [-0.1, -0.05) is 50.2 Å². The van der Waals surface area contributed by atoms with Gasteiger partial charge < -0.3 is 4.74 Å². The van der Waals surface area contributed by atoms with Gasteiger partial charge in [0.25, 0.3) is 5.91 Å². The summed E-state index contributed by atoms with van der Waals surface area (Å²) >= 11 is 0. The second-order valence-corrected chi connectivity index (χ2v) is 5.22. The molecule has 0 aromatic heterocycles. The highest BCUT2D eigenvalue weighted by atomic mass is 16.5. The topological polar surface area (TPSA) is 50.7 Å². The van der Waals surface area contributed by atoms with Crippen LogP contribution >= 0.6 is 0 Å². The van der Waals surface area contributed by atoms with Crippen molar-refractivity contribution in [2.24, 2.45) is 5.10 Å². The van der Waals surface area contributed by atoms with Gasteiger partial charge in [-0.2, -0.15) is 5.10 Å². The van der Waals surface area contributed by atoms with Crippen LogP contribution in [0.15, 0.2) is 53.6 Å². The van der Waals surface area contributed by atoms with Gasteiger partial charge in [0.1, 0.15) is 5.75 Å². The number of benzene rings is 2. The van der Waals surface area contributed by atoms with Gasteiger partial charge in [-0.3, -0.25) is 4.79 Å². The molecule has 0 fully saturated rings. The molecule has 0 heterocycles. The van der Waals surface area contributed by atoms with E-state index >= 15 is 0 Å². The van der Waals surface area contributed by atoms with Crippen molar-refractivity contribution in [2.45, 2.75) is 19.8 Å². The molecule has 2 aromatic carbocycles. The van der Waals surface area contributed by atoms with Crippen LogP contribution in [0.1, 0.15) is 41.3 Å². The second-order valence-electron chi connectivity index (χ2n) is 5.22. The molecule has 22 heavy (non-hydrogen) atoms. The smallest absolute Gasteiger partial charge is 0.275 e.